The van der Waals surface area contributed by atoms with Gasteiger partial charge in [0, 0.05) is 12.3 Å². The monoisotopic (exact) mass is 514 g/mol. The molecule has 0 radical (unpaired) electrons. The van der Waals surface area contributed by atoms with E-state index in [4.69, 9.17) is 4.74 Å². The van der Waals surface area contributed by atoms with E-state index in [-0.39, 0.29) is 22.7 Å². The van der Waals surface area contributed by atoms with Crippen LogP contribution in [0.1, 0.15) is 181 Å². The predicted molar refractivity (Wildman–Crippen MR) is 163 cm³/mol. The Kier molecular flexibility index (Phi) is 16.5. The highest BCUT2D eigenvalue weighted by molar-refractivity contribution is 5.68. The van der Waals surface area contributed by atoms with Crippen LogP contribution in [0.25, 0.3) is 0 Å². The van der Waals surface area contributed by atoms with Crippen LogP contribution in [0.15, 0.2) is 18.2 Å². The van der Waals surface area contributed by atoms with E-state index in [1.807, 2.05) is 6.92 Å². The van der Waals surface area contributed by atoms with Gasteiger partial charge in [-0.1, -0.05) is 163 Å². The standard InChI is InChI=1S/C35H62O2/c1-9-11-12-13-14-15-16-17-18-19-20-21-22-23-24-29(28-37-33(36)10-2)30-25-31(34(3,4)5)27-32(26-30)35(6,7)8/h25-27,29H,9-24,28H2,1-8H3. The molecule has 0 spiro atoms. The zero-order chi connectivity index (χ0) is 27.7. The summed E-state index contributed by atoms with van der Waals surface area (Å²) in [7, 11) is 0. The Morgan fingerprint density at radius 3 is 1.43 bits per heavy atom. The van der Waals surface area contributed by atoms with E-state index in [1.165, 1.54) is 107 Å². The number of benzene rings is 1. The summed E-state index contributed by atoms with van der Waals surface area (Å²) in [4.78, 5) is 12.0. The molecule has 0 saturated carbocycles. The van der Waals surface area contributed by atoms with Crippen molar-refractivity contribution in [1.82, 2.24) is 0 Å². The molecule has 214 valence electrons. The Labute approximate surface area is 231 Å². The molecule has 1 atom stereocenters. The van der Waals surface area contributed by atoms with Gasteiger partial charge in [0.05, 0.1) is 6.61 Å². The summed E-state index contributed by atoms with van der Waals surface area (Å²) in [5, 5.41) is 0. The lowest BCUT2D eigenvalue weighted by Gasteiger charge is -2.28. The first-order valence-corrected chi connectivity index (χ1v) is 15.8. The van der Waals surface area contributed by atoms with Crippen molar-refractivity contribution in [2.75, 3.05) is 6.61 Å². The second-order valence-corrected chi connectivity index (χ2v) is 13.5. The number of esters is 1. The molecule has 0 aromatic heterocycles. The average molecular weight is 515 g/mol. The molecular formula is C35H62O2. The number of unbranched alkanes of at least 4 members (excludes halogenated alkanes) is 13. The maximum Gasteiger partial charge on any atom is 0.305 e. The molecule has 37 heavy (non-hydrogen) atoms. The number of hydrogen-bond donors (Lipinski definition) is 0. The van der Waals surface area contributed by atoms with Gasteiger partial charge in [0.15, 0.2) is 0 Å². The topological polar surface area (TPSA) is 26.3 Å². The molecular weight excluding hydrogens is 452 g/mol. The number of ether oxygens (including phenoxy) is 1. The van der Waals surface area contributed by atoms with Crippen LogP contribution >= 0.6 is 0 Å². The van der Waals surface area contributed by atoms with Gasteiger partial charge in [-0.15, -0.1) is 0 Å². The van der Waals surface area contributed by atoms with Crippen molar-refractivity contribution in [3.8, 4) is 0 Å². The van der Waals surface area contributed by atoms with Crippen LogP contribution < -0.4 is 0 Å². The maximum absolute atomic E-state index is 12.0. The van der Waals surface area contributed by atoms with Gasteiger partial charge in [0.2, 0.25) is 0 Å². The van der Waals surface area contributed by atoms with Crippen molar-refractivity contribution < 1.29 is 9.53 Å². The third-order valence-electron chi connectivity index (χ3n) is 7.80. The van der Waals surface area contributed by atoms with Crippen molar-refractivity contribution >= 4 is 5.97 Å². The largest absolute Gasteiger partial charge is 0.465 e. The van der Waals surface area contributed by atoms with Crippen molar-refractivity contribution in [1.29, 1.82) is 0 Å². The Bertz CT molecular complexity index is 702. The molecule has 1 aromatic carbocycles. The fourth-order valence-corrected chi connectivity index (χ4v) is 4.98. The molecule has 2 nitrogen and oxygen atoms in total. The predicted octanol–water partition coefficient (Wildman–Crippen LogP) is 11.2. The zero-order valence-corrected chi connectivity index (χ0v) is 26.1. The van der Waals surface area contributed by atoms with Gasteiger partial charge in [-0.2, -0.15) is 0 Å². The van der Waals surface area contributed by atoms with Crippen LogP contribution in [0.4, 0.5) is 0 Å². The first-order chi connectivity index (χ1) is 17.5. The van der Waals surface area contributed by atoms with Crippen LogP contribution in [-0.4, -0.2) is 12.6 Å². The molecule has 0 aliphatic carbocycles. The highest BCUT2D eigenvalue weighted by Crippen LogP contribution is 2.34. The first kappa shape index (κ1) is 33.7. The van der Waals surface area contributed by atoms with E-state index >= 15 is 0 Å². The summed E-state index contributed by atoms with van der Waals surface area (Å²) >= 11 is 0. The maximum atomic E-state index is 12.0. The SMILES string of the molecule is CCCCCCCCCCCCCCCCC(COC(=O)CC)c1cc(C(C)(C)C)cc(C(C)(C)C)c1. The average Bonchev–Trinajstić information content (AvgIpc) is 2.84. The highest BCUT2D eigenvalue weighted by atomic mass is 16.5. The Balaban J connectivity index is 2.56. The van der Waals surface area contributed by atoms with Gasteiger partial charge in [-0.3, -0.25) is 4.79 Å². The van der Waals surface area contributed by atoms with Crippen molar-refractivity contribution in [3.63, 3.8) is 0 Å². The Morgan fingerprint density at radius 1 is 0.649 bits per heavy atom. The van der Waals surface area contributed by atoms with E-state index in [0.717, 1.165) is 6.42 Å². The molecule has 0 aliphatic heterocycles. The number of carbonyl (C=O) groups is 1. The lowest BCUT2D eigenvalue weighted by atomic mass is 9.77. The molecule has 1 rings (SSSR count). The van der Waals surface area contributed by atoms with Gasteiger partial charge in [-0.05, 0) is 33.9 Å². The fourth-order valence-electron chi connectivity index (χ4n) is 4.98. The molecule has 0 aliphatic rings. The molecule has 0 saturated heterocycles. The number of hydrogen-bond acceptors (Lipinski definition) is 2. The molecule has 0 N–H and O–H groups in total. The van der Waals surface area contributed by atoms with Crippen molar-refractivity contribution in [2.45, 2.75) is 175 Å². The molecule has 0 heterocycles. The minimum absolute atomic E-state index is 0.0889. The van der Waals surface area contributed by atoms with E-state index in [9.17, 15) is 4.79 Å². The third kappa shape index (κ3) is 15.0. The summed E-state index contributed by atoms with van der Waals surface area (Å²) in [5.74, 6) is 0.185. The Hall–Kier alpha value is -1.31. The van der Waals surface area contributed by atoms with E-state index < -0.39 is 0 Å². The summed E-state index contributed by atoms with van der Waals surface area (Å²) < 4.78 is 5.69. The fraction of sp³-hybridized carbons (Fsp3) is 0.800. The summed E-state index contributed by atoms with van der Waals surface area (Å²) in [6.07, 6.45) is 20.8. The van der Waals surface area contributed by atoms with Crippen LogP contribution in [0, 0.1) is 0 Å². The summed E-state index contributed by atoms with van der Waals surface area (Å²) in [6.45, 7) is 18.4. The minimum atomic E-state index is -0.0889. The van der Waals surface area contributed by atoms with E-state index in [0.29, 0.717) is 13.0 Å². The van der Waals surface area contributed by atoms with Gasteiger partial charge in [0.1, 0.15) is 0 Å². The molecule has 0 fully saturated rings. The van der Waals surface area contributed by atoms with Crippen molar-refractivity contribution in [2.24, 2.45) is 0 Å². The van der Waals surface area contributed by atoms with Crippen LogP contribution in [-0.2, 0) is 20.4 Å². The van der Waals surface area contributed by atoms with E-state index in [1.54, 1.807) is 0 Å². The van der Waals surface area contributed by atoms with Crippen LogP contribution in [0.5, 0.6) is 0 Å². The third-order valence-corrected chi connectivity index (χ3v) is 7.80. The summed E-state index contributed by atoms with van der Waals surface area (Å²) in [6, 6.07) is 7.14. The molecule has 2 heteroatoms. The second kappa shape index (κ2) is 18.1. The van der Waals surface area contributed by atoms with Crippen LogP contribution in [0.3, 0.4) is 0 Å². The lowest BCUT2D eigenvalue weighted by molar-refractivity contribution is -0.143. The highest BCUT2D eigenvalue weighted by Gasteiger charge is 2.23. The normalized spacial score (nSPS) is 13.1. The van der Waals surface area contributed by atoms with E-state index in [2.05, 4.69) is 66.7 Å². The number of carbonyl (C=O) groups excluding carboxylic acids is 1. The molecule has 0 amide bonds. The lowest BCUT2D eigenvalue weighted by Crippen LogP contribution is -2.19. The second-order valence-electron chi connectivity index (χ2n) is 13.5. The van der Waals surface area contributed by atoms with Gasteiger partial charge < -0.3 is 4.74 Å². The number of rotatable bonds is 19. The van der Waals surface area contributed by atoms with Gasteiger partial charge in [-0.25, -0.2) is 0 Å². The Morgan fingerprint density at radius 2 is 1.05 bits per heavy atom. The summed E-state index contributed by atoms with van der Waals surface area (Å²) in [5.41, 5.74) is 4.28. The van der Waals surface area contributed by atoms with Crippen molar-refractivity contribution in [3.05, 3.63) is 34.9 Å². The quantitative estimate of drug-likeness (QED) is 0.135. The van der Waals surface area contributed by atoms with Gasteiger partial charge >= 0.3 is 5.97 Å². The van der Waals surface area contributed by atoms with Crippen LogP contribution in [0.2, 0.25) is 0 Å². The zero-order valence-electron chi connectivity index (χ0n) is 26.1. The smallest absolute Gasteiger partial charge is 0.305 e. The van der Waals surface area contributed by atoms with Gasteiger partial charge in [0.25, 0.3) is 0 Å². The molecule has 0 bridgehead atoms. The molecule has 1 unspecified atom stereocenters. The minimum Gasteiger partial charge on any atom is -0.465 e. The molecule has 1 aromatic rings. The first-order valence-electron chi connectivity index (χ1n) is 15.8.